The summed E-state index contributed by atoms with van der Waals surface area (Å²) < 4.78 is 12.9. The van der Waals surface area contributed by atoms with E-state index in [2.05, 4.69) is 18.5 Å². The molecule has 6 rings (SSSR count). The summed E-state index contributed by atoms with van der Waals surface area (Å²) in [5, 5.41) is 13.8. The standard InChI is InChI=1S/C43H49N3O7/c1-5-7-18-36(48)44-26-35(31-16-12-9-13-17-31)52-42(51)37-34-21-22-43(53-34)38(37)40(49)46(32(27-47)25-30-14-10-8-11-15-30)39(43)41(50)45(23-6-2)33-24-28(3)19-20-29(33)4/h5-6,8-17,19-20,24,32,34-35,37-39,47H,1-2,7,18,21-23,25-27H2,3-4H3,(H,44,48)/t32-,34-,35+,37+,38+,39-,43+/m1/s1. The summed E-state index contributed by atoms with van der Waals surface area (Å²) in [6.07, 6.45) is 3.72. The van der Waals surface area contributed by atoms with Crippen LogP contribution in [0.5, 0.6) is 0 Å². The Morgan fingerprint density at radius 1 is 1.06 bits per heavy atom. The number of ether oxygens (including phenoxy) is 2. The van der Waals surface area contributed by atoms with Gasteiger partial charge in [-0.1, -0.05) is 84.9 Å². The zero-order valence-corrected chi connectivity index (χ0v) is 30.5. The van der Waals surface area contributed by atoms with Crippen LogP contribution in [0.1, 0.15) is 54.0 Å². The molecule has 0 unspecified atom stereocenters. The zero-order valence-electron chi connectivity index (χ0n) is 30.5. The molecule has 0 aromatic heterocycles. The largest absolute Gasteiger partial charge is 0.455 e. The van der Waals surface area contributed by atoms with E-state index >= 15 is 4.79 Å². The van der Waals surface area contributed by atoms with Crippen molar-refractivity contribution in [2.45, 2.75) is 75.8 Å². The Hall–Kier alpha value is -5.06. The molecule has 10 nitrogen and oxygen atoms in total. The number of nitrogens with one attached hydrogen (secondary N) is 1. The molecular formula is C43H49N3O7. The topological polar surface area (TPSA) is 125 Å². The van der Waals surface area contributed by atoms with Crippen LogP contribution >= 0.6 is 0 Å². The Balaban J connectivity index is 1.37. The van der Waals surface area contributed by atoms with Gasteiger partial charge in [-0.25, -0.2) is 0 Å². The van der Waals surface area contributed by atoms with E-state index in [1.54, 1.807) is 17.1 Å². The summed E-state index contributed by atoms with van der Waals surface area (Å²) in [7, 11) is 0. The predicted octanol–water partition coefficient (Wildman–Crippen LogP) is 5.17. The summed E-state index contributed by atoms with van der Waals surface area (Å²) in [4.78, 5) is 60.2. The average Bonchev–Trinajstić information content (AvgIpc) is 3.82. The fraction of sp³-hybridized carbons (Fsp3) is 0.395. The van der Waals surface area contributed by atoms with Crippen LogP contribution in [0.2, 0.25) is 0 Å². The van der Waals surface area contributed by atoms with Crippen LogP contribution in [0.4, 0.5) is 5.69 Å². The highest BCUT2D eigenvalue weighted by molar-refractivity contribution is 6.05. The number of aliphatic hydroxyl groups is 1. The van der Waals surface area contributed by atoms with Gasteiger partial charge in [0.25, 0.3) is 5.91 Å². The maximum absolute atomic E-state index is 15.2. The lowest BCUT2D eigenvalue weighted by atomic mass is 9.70. The molecule has 3 aromatic rings. The minimum atomic E-state index is -1.33. The molecule has 3 aromatic carbocycles. The molecule has 10 heteroatoms. The van der Waals surface area contributed by atoms with Gasteiger partial charge in [-0.15, -0.1) is 13.2 Å². The lowest BCUT2D eigenvalue weighted by molar-refractivity contribution is -0.161. The maximum Gasteiger partial charge on any atom is 0.313 e. The molecule has 2 bridgehead atoms. The van der Waals surface area contributed by atoms with E-state index in [4.69, 9.17) is 9.47 Å². The van der Waals surface area contributed by atoms with Gasteiger partial charge in [0.15, 0.2) is 0 Å². The third-order valence-electron chi connectivity index (χ3n) is 10.9. The summed E-state index contributed by atoms with van der Waals surface area (Å²) in [5.41, 5.74) is 2.78. The highest BCUT2D eigenvalue weighted by Gasteiger charge is 2.75. The zero-order chi connectivity index (χ0) is 37.7. The third kappa shape index (κ3) is 7.43. The van der Waals surface area contributed by atoms with Crippen LogP contribution in [0.25, 0.3) is 0 Å². The molecular weight excluding hydrogens is 670 g/mol. The molecule has 3 amide bonds. The molecule has 3 aliphatic rings. The van der Waals surface area contributed by atoms with Gasteiger partial charge in [0, 0.05) is 18.7 Å². The van der Waals surface area contributed by atoms with Crippen molar-refractivity contribution in [3.63, 3.8) is 0 Å². The Morgan fingerprint density at radius 2 is 1.77 bits per heavy atom. The number of anilines is 1. The molecule has 3 saturated heterocycles. The van der Waals surface area contributed by atoms with Gasteiger partial charge in [0.05, 0.1) is 37.1 Å². The highest BCUT2D eigenvalue weighted by atomic mass is 16.6. The summed E-state index contributed by atoms with van der Waals surface area (Å²) in [6, 6.07) is 22.6. The molecule has 0 aliphatic carbocycles. The summed E-state index contributed by atoms with van der Waals surface area (Å²) >= 11 is 0. The summed E-state index contributed by atoms with van der Waals surface area (Å²) in [5.74, 6) is -3.62. The first-order valence-corrected chi connectivity index (χ1v) is 18.4. The molecule has 3 fully saturated rings. The Kier molecular flexibility index (Phi) is 11.6. The van der Waals surface area contributed by atoms with Gasteiger partial charge in [0.2, 0.25) is 11.8 Å². The van der Waals surface area contributed by atoms with Gasteiger partial charge >= 0.3 is 5.97 Å². The molecule has 1 spiro atoms. The first kappa shape index (κ1) is 37.7. The fourth-order valence-electron chi connectivity index (χ4n) is 8.40. The van der Waals surface area contributed by atoms with Gasteiger partial charge in [0.1, 0.15) is 17.7 Å². The smallest absolute Gasteiger partial charge is 0.313 e. The van der Waals surface area contributed by atoms with Gasteiger partial charge in [-0.2, -0.15) is 0 Å². The van der Waals surface area contributed by atoms with E-state index < -0.39 is 60.2 Å². The van der Waals surface area contributed by atoms with Crippen LogP contribution in [0.3, 0.4) is 0 Å². The first-order valence-electron chi connectivity index (χ1n) is 18.4. The van der Waals surface area contributed by atoms with E-state index in [9.17, 15) is 19.5 Å². The van der Waals surface area contributed by atoms with E-state index in [0.29, 0.717) is 36.9 Å². The van der Waals surface area contributed by atoms with Crippen LogP contribution in [-0.2, 0) is 35.1 Å². The Bertz CT molecular complexity index is 1830. The van der Waals surface area contributed by atoms with Crippen LogP contribution in [-0.4, -0.2) is 77.2 Å². The predicted molar refractivity (Wildman–Crippen MR) is 202 cm³/mol. The van der Waals surface area contributed by atoms with Crippen molar-refractivity contribution < 1.29 is 33.8 Å². The number of hydrogen-bond donors (Lipinski definition) is 2. The van der Waals surface area contributed by atoms with Crippen molar-refractivity contribution in [1.82, 2.24) is 10.2 Å². The van der Waals surface area contributed by atoms with E-state index in [0.717, 1.165) is 16.7 Å². The second kappa shape index (κ2) is 16.3. The number of rotatable bonds is 16. The second-order valence-electron chi connectivity index (χ2n) is 14.3. The maximum atomic E-state index is 15.2. The lowest BCUT2D eigenvalue weighted by Gasteiger charge is -2.39. The molecule has 7 atom stereocenters. The van der Waals surface area contributed by atoms with Gasteiger partial charge < -0.3 is 29.7 Å². The van der Waals surface area contributed by atoms with Crippen molar-refractivity contribution >= 4 is 29.4 Å². The number of aliphatic hydroxyl groups excluding tert-OH is 1. The molecule has 278 valence electrons. The number of likely N-dealkylation sites (tertiary alicyclic amines) is 1. The number of benzene rings is 3. The second-order valence-corrected chi connectivity index (χ2v) is 14.3. The van der Waals surface area contributed by atoms with E-state index in [1.807, 2.05) is 92.7 Å². The minimum Gasteiger partial charge on any atom is -0.455 e. The molecule has 3 aliphatic heterocycles. The number of allylic oxidation sites excluding steroid dienone is 1. The Morgan fingerprint density at radius 3 is 2.45 bits per heavy atom. The van der Waals surface area contributed by atoms with Crippen molar-refractivity contribution in [3.05, 3.63) is 126 Å². The number of amides is 3. The van der Waals surface area contributed by atoms with Crippen LogP contribution in [0.15, 0.2) is 104 Å². The normalized spacial score (nSPS) is 23.9. The van der Waals surface area contributed by atoms with Gasteiger partial charge in [-0.05, 0) is 67.9 Å². The van der Waals surface area contributed by atoms with Crippen molar-refractivity contribution in [3.8, 4) is 0 Å². The number of hydrogen-bond acceptors (Lipinski definition) is 7. The third-order valence-corrected chi connectivity index (χ3v) is 10.9. The van der Waals surface area contributed by atoms with Crippen molar-refractivity contribution in [1.29, 1.82) is 0 Å². The quantitative estimate of drug-likeness (QED) is 0.155. The molecule has 2 N–H and O–H groups in total. The SMILES string of the molecule is C=CCCC(=O)NC[C@H](OC(=O)[C@@H]1[C@H]2C(=O)N([C@@H](CO)Cc3ccccc3)[C@H](C(=O)N(CC=C)c3cc(C)ccc3C)[C@]23CC[C@H]1O3)c1ccccc1. The Labute approximate surface area is 311 Å². The number of fused-ring (bicyclic) bond motifs is 1. The molecule has 53 heavy (non-hydrogen) atoms. The van der Waals surface area contributed by atoms with Crippen LogP contribution in [0, 0.1) is 25.7 Å². The van der Waals surface area contributed by atoms with E-state index in [1.165, 1.54) is 4.90 Å². The minimum absolute atomic E-state index is 0.0387. The number of carbonyl (C=O) groups excluding carboxylic acids is 4. The summed E-state index contributed by atoms with van der Waals surface area (Å²) in [6.45, 7) is 11.3. The van der Waals surface area contributed by atoms with E-state index in [-0.39, 0.29) is 31.3 Å². The number of carbonyl (C=O) groups is 4. The van der Waals surface area contributed by atoms with Crippen molar-refractivity contribution in [2.75, 3.05) is 24.6 Å². The lowest BCUT2D eigenvalue weighted by Crippen LogP contribution is -2.59. The number of aryl methyl sites for hydroxylation is 2. The number of esters is 1. The molecule has 0 radical (unpaired) electrons. The first-order chi connectivity index (χ1) is 25.6. The fourth-order valence-corrected chi connectivity index (χ4v) is 8.40. The van der Waals surface area contributed by atoms with Crippen molar-refractivity contribution in [2.24, 2.45) is 11.8 Å². The molecule has 3 heterocycles. The van der Waals surface area contributed by atoms with Gasteiger partial charge in [-0.3, -0.25) is 19.2 Å². The monoisotopic (exact) mass is 719 g/mol. The van der Waals surface area contributed by atoms with Crippen LogP contribution < -0.4 is 10.2 Å². The number of nitrogens with zero attached hydrogens (tertiary/aromatic N) is 2. The molecule has 0 saturated carbocycles. The highest BCUT2D eigenvalue weighted by Crippen LogP contribution is 2.59. The average molecular weight is 720 g/mol.